The van der Waals surface area contributed by atoms with E-state index in [0.717, 1.165) is 31.7 Å². The van der Waals surface area contributed by atoms with E-state index in [-0.39, 0.29) is 5.56 Å². The first-order valence-electron chi connectivity index (χ1n) is 7.41. The van der Waals surface area contributed by atoms with Gasteiger partial charge in [0.25, 0.3) is 5.56 Å². The lowest BCUT2D eigenvalue weighted by atomic mass is 10.2. The van der Waals surface area contributed by atoms with Crippen LogP contribution < -0.4 is 11.3 Å². The van der Waals surface area contributed by atoms with E-state index in [1.165, 1.54) is 5.56 Å². The van der Waals surface area contributed by atoms with Gasteiger partial charge in [0.2, 0.25) is 0 Å². The first-order chi connectivity index (χ1) is 10.2. The molecule has 0 fully saturated rings. The highest BCUT2D eigenvalue weighted by molar-refractivity contribution is 5.40. The second-order valence-corrected chi connectivity index (χ2v) is 5.25. The molecule has 1 aromatic heterocycles. The molecule has 0 aliphatic carbocycles. The lowest BCUT2D eigenvalue weighted by Gasteiger charge is -2.22. The third-order valence-corrected chi connectivity index (χ3v) is 3.45. The number of nitrogens with zero attached hydrogens (tertiary/aromatic N) is 2. The van der Waals surface area contributed by atoms with E-state index in [4.69, 9.17) is 5.73 Å². The second kappa shape index (κ2) is 7.64. The quantitative estimate of drug-likeness (QED) is 0.794. The molecule has 0 amide bonds. The number of anilines is 1. The smallest absolute Gasteiger partial charge is 0.250 e. The Morgan fingerprint density at radius 2 is 2.00 bits per heavy atom. The SMILES string of the molecule is CCCN(CCn1ccccc1=O)Cc1cccc(N)c1. The van der Waals surface area contributed by atoms with Crippen LogP contribution in [0, 0.1) is 0 Å². The van der Waals surface area contributed by atoms with Crippen molar-refractivity contribution < 1.29 is 0 Å². The van der Waals surface area contributed by atoms with E-state index in [2.05, 4.69) is 17.9 Å². The van der Waals surface area contributed by atoms with E-state index in [1.54, 1.807) is 16.7 Å². The van der Waals surface area contributed by atoms with Crippen molar-refractivity contribution >= 4 is 5.69 Å². The average Bonchev–Trinajstić information content (AvgIpc) is 2.46. The predicted molar refractivity (Wildman–Crippen MR) is 87.1 cm³/mol. The number of rotatable bonds is 7. The van der Waals surface area contributed by atoms with Gasteiger partial charge >= 0.3 is 0 Å². The Bertz CT molecular complexity index is 621. The summed E-state index contributed by atoms with van der Waals surface area (Å²) in [5.41, 5.74) is 7.89. The fourth-order valence-electron chi connectivity index (χ4n) is 2.43. The molecule has 0 atom stereocenters. The molecule has 0 aliphatic rings. The lowest BCUT2D eigenvalue weighted by Crippen LogP contribution is -2.31. The molecule has 4 heteroatoms. The molecule has 0 bridgehead atoms. The normalized spacial score (nSPS) is 11.0. The molecule has 2 N–H and O–H groups in total. The van der Waals surface area contributed by atoms with Crippen LogP contribution in [0.4, 0.5) is 5.69 Å². The number of nitrogens with two attached hydrogens (primary N) is 1. The van der Waals surface area contributed by atoms with Crippen LogP contribution in [-0.4, -0.2) is 22.6 Å². The summed E-state index contributed by atoms with van der Waals surface area (Å²) >= 11 is 0. The summed E-state index contributed by atoms with van der Waals surface area (Å²) < 4.78 is 1.75. The van der Waals surface area contributed by atoms with Crippen molar-refractivity contribution in [1.29, 1.82) is 0 Å². The molecule has 1 aromatic carbocycles. The maximum atomic E-state index is 11.7. The molecular formula is C17H23N3O. The van der Waals surface area contributed by atoms with Gasteiger partial charge in [-0.1, -0.05) is 25.1 Å². The van der Waals surface area contributed by atoms with Crippen molar-refractivity contribution in [3.8, 4) is 0 Å². The second-order valence-electron chi connectivity index (χ2n) is 5.25. The van der Waals surface area contributed by atoms with Gasteiger partial charge in [0.05, 0.1) is 0 Å². The van der Waals surface area contributed by atoms with Crippen LogP contribution in [0.25, 0.3) is 0 Å². The minimum Gasteiger partial charge on any atom is -0.399 e. The average molecular weight is 285 g/mol. The van der Waals surface area contributed by atoms with Crippen LogP contribution in [0.3, 0.4) is 0 Å². The van der Waals surface area contributed by atoms with E-state index in [9.17, 15) is 4.79 Å². The Morgan fingerprint density at radius 3 is 2.71 bits per heavy atom. The molecule has 0 spiro atoms. The highest BCUT2D eigenvalue weighted by Crippen LogP contribution is 2.10. The number of nitrogen functional groups attached to an aromatic ring is 1. The van der Waals surface area contributed by atoms with Gasteiger partial charge in [-0.15, -0.1) is 0 Å². The van der Waals surface area contributed by atoms with E-state index >= 15 is 0 Å². The number of hydrogen-bond acceptors (Lipinski definition) is 3. The van der Waals surface area contributed by atoms with E-state index in [0.29, 0.717) is 6.54 Å². The fourth-order valence-corrected chi connectivity index (χ4v) is 2.43. The Kier molecular flexibility index (Phi) is 5.58. The molecular weight excluding hydrogens is 262 g/mol. The maximum absolute atomic E-state index is 11.7. The zero-order chi connectivity index (χ0) is 15.1. The van der Waals surface area contributed by atoms with Crippen LogP contribution >= 0.6 is 0 Å². The zero-order valence-electron chi connectivity index (χ0n) is 12.5. The summed E-state index contributed by atoms with van der Waals surface area (Å²) in [6, 6.07) is 13.2. The fraction of sp³-hybridized carbons (Fsp3) is 0.353. The van der Waals surface area contributed by atoms with Gasteiger partial charge in [-0.25, -0.2) is 0 Å². The van der Waals surface area contributed by atoms with Crippen LogP contribution in [-0.2, 0) is 13.1 Å². The summed E-state index contributed by atoms with van der Waals surface area (Å²) in [6.07, 6.45) is 2.93. The van der Waals surface area contributed by atoms with Crippen molar-refractivity contribution in [2.45, 2.75) is 26.4 Å². The predicted octanol–water partition coefficient (Wildman–Crippen LogP) is 2.34. The van der Waals surface area contributed by atoms with Gasteiger partial charge in [0, 0.05) is 37.6 Å². The molecule has 2 rings (SSSR count). The summed E-state index contributed by atoms with van der Waals surface area (Å²) in [5.74, 6) is 0. The Hall–Kier alpha value is -2.07. The van der Waals surface area contributed by atoms with Gasteiger partial charge in [0.1, 0.15) is 0 Å². The molecule has 0 saturated heterocycles. The summed E-state index contributed by atoms with van der Waals surface area (Å²) in [4.78, 5) is 14.1. The van der Waals surface area contributed by atoms with Gasteiger partial charge < -0.3 is 10.3 Å². The molecule has 0 radical (unpaired) electrons. The number of aromatic nitrogens is 1. The summed E-state index contributed by atoms with van der Waals surface area (Å²) in [6.45, 7) is 5.60. The van der Waals surface area contributed by atoms with E-state index in [1.807, 2.05) is 30.5 Å². The Morgan fingerprint density at radius 1 is 1.14 bits per heavy atom. The third kappa shape index (κ3) is 4.76. The Balaban J connectivity index is 1.99. The number of pyridine rings is 1. The Labute approximate surface area is 125 Å². The molecule has 4 nitrogen and oxygen atoms in total. The zero-order valence-corrected chi connectivity index (χ0v) is 12.5. The van der Waals surface area contributed by atoms with Crippen molar-refractivity contribution in [2.24, 2.45) is 0 Å². The van der Waals surface area contributed by atoms with Crippen molar-refractivity contribution in [1.82, 2.24) is 9.47 Å². The van der Waals surface area contributed by atoms with Crippen LogP contribution in [0.2, 0.25) is 0 Å². The van der Waals surface area contributed by atoms with Gasteiger partial charge in [0.15, 0.2) is 0 Å². The molecule has 1 heterocycles. The minimum absolute atomic E-state index is 0.0536. The standard InChI is InChI=1S/C17H23N3O/c1-2-9-19(14-15-6-5-7-16(18)13-15)11-12-20-10-4-3-8-17(20)21/h3-8,10,13H,2,9,11-12,14,18H2,1H3. The van der Waals surface area contributed by atoms with Crippen LogP contribution in [0.15, 0.2) is 53.5 Å². The topological polar surface area (TPSA) is 51.3 Å². The van der Waals surface area contributed by atoms with Gasteiger partial charge in [-0.3, -0.25) is 9.69 Å². The number of benzene rings is 1. The molecule has 0 aliphatic heterocycles. The van der Waals surface area contributed by atoms with Gasteiger partial charge in [-0.05, 0) is 36.7 Å². The van der Waals surface area contributed by atoms with Crippen molar-refractivity contribution in [2.75, 3.05) is 18.8 Å². The molecule has 0 saturated carbocycles. The van der Waals surface area contributed by atoms with Gasteiger partial charge in [-0.2, -0.15) is 0 Å². The molecule has 2 aromatic rings. The highest BCUT2D eigenvalue weighted by atomic mass is 16.1. The third-order valence-electron chi connectivity index (χ3n) is 3.45. The van der Waals surface area contributed by atoms with Crippen molar-refractivity contribution in [3.05, 3.63) is 64.6 Å². The maximum Gasteiger partial charge on any atom is 0.250 e. The summed E-state index contributed by atoms with van der Waals surface area (Å²) in [7, 11) is 0. The van der Waals surface area contributed by atoms with E-state index < -0.39 is 0 Å². The molecule has 0 unspecified atom stereocenters. The van der Waals surface area contributed by atoms with Crippen LogP contribution in [0.1, 0.15) is 18.9 Å². The first-order valence-corrected chi connectivity index (χ1v) is 7.41. The monoisotopic (exact) mass is 285 g/mol. The molecule has 21 heavy (non-hydrogen) atoms. The summed E-state index contributed by atoms with van der Waals surface area (Å²) in [5, 5.41) is 0. The molecule has 112 valence electrons. The van der Waals surface area contributed by atoms with Crippen molar-refractivity contribution in [3.63, 3.8) is 0 Å². The lowest BCUT2D eigenvalue weighted by molar-refractivity contribution is 0.254. The first kappa shape index (κ1) is 15.3. The minimum atomic E-state index is 0.0536. The highest BCUT2D eigenvalue weighted by Gasteiger charge is 2.06. The van der Waals surface area contributed by atoms with Crippen LogP contribution in [0.5, 0.6) is 0 Å². The number of hydrogen-bond donors (Lipinski definition) is 1. The largest absolute Gasteiger partial charge is 0.399 e.